The normalized spacial score (nSPS) is 10.8. The molecule has 0 amide bonds. The molecule has 4 rings (SSSR count). The number of halogens is 1. The number of carbonyl (C=O) groups excluding carboxylic acids is 1. The second-order valence-electron chi connectivity index (χ2n) is 6.51. The number of nitrogens with one attached hydrogen (secondary N) is 1. The molecule has 144 valence electrons. The lowest BCUT2D eigenvalue weighted by Gasteiger charge is -2.05. The number of carboxylic acid groups (broad SMARTS) is 1. The lowest BCUT2D eigenvalue weighted by molar-refractivity contribution is 0.0697. The van der Waals surface area contributed by atoms with E-state index in [9.17, 15) is 14.7 Å². The first-order chi connectivity index (χ1) is 14.0. The first kappa shape index (κ1) is 19.2. The number of rotatable bonds is 6. The molecule has 0 aliphatic heterocycles. The molecule has 2 aromatic heterocycles. The zero-order valence-electron chi connectivity index (χ0n) is 15.2. The first-order valence-electron chi connectivity index (χ1n) is 8.89. The van der Waals surface area contributed by atoms with Gasteiger partial charge in [-0.3, -0.25) is 4.79 Å². The van der Waals surface area contributed by atoms with Gasteiger partial charge < -0.3 is 10.1 Å². The van der Waals surface area contributed by atoms with Crippen LogP contribution in [0, 0.1) is 0 Å². The number of aromatic carboxylic acids is 1. The summed E-state index contributed by atoms with van der Waals surface area (Å²) in [6.45, 7) is 0. The molecule has 0 saturated carbocycles. The van der Waals surface area contributed by atoms with Gasteiger partial charge in [0.15, 0.2) is 5.78 Å². The fraction of sp³-hybridized carbons (Fsp3) is 0.0435. The average Bonchev–Trinajstić information content (AvgIpc) is 3.36. The molecule has 2 N–H and O–H groups in total. The van der Waals surface area contributed by atoms with Gasteiger partial charge in [-0.15, -0.1) is 11.3 Å². The van der Waals surface area contributed by atoms with E-state index in [4.69, 9.17) is 11.6 Å². The molecule has 0 aliphatic rings. The van der Waals surface area contributed by atoms with Crippen molar-refractivity contribution in [3.8, 4) is 22.3 Å². The second-order valence-corrected chi connectivity index (χ2v) is 7.91. The van der Waals surface area contributed by atoms with Gasteiger partial charge in [-0.1, -0.05) is 54.1 Å². The monoisotopic (exact) mass is 421 g/mol. The lowest BCUT2D eigenvalue weighted by Crippen LogP contribution is -2.07. The smallest absolute Gasteiger partial charge is 0.337 e. The largest absolute Gasteiger partial charge is 0.478 e. The van der Waals surface area contributed by atoms with Crippen molar-refractivity contribution < 1.29 is 14.7 Å². The van der Waals surface area contributed by atoms with Crippen molar-refractivity contribution in [2.75, 3.05) is 0 Å². The molecule has 0 saturated heterocycles. The number of hydrogen-bond donors (Lipinski definition) is 2. The van der Waals surface area contributed by atoms with Crippen LogP contribution in [-0.4, -0.2) is 21.8 Å². The predicted molar refractivity (Wildman–Crippen MR) is 116 cm³/mol. The summed E-state index contributed by atoms with van der Waals surface area (Å²) in [5, 5.41) is 12.2. The molecule has 6 heteroatoms. The van der Waals surface area contributed by atoms with Gasteiger partial charge in [0.1, 0.15) is 0 Å². The number of H-pyrrole nitrogens is 1. The van der Waals surface area contributed by atoms with Crippen LogP contribution < -0.4 is 0 Å². The zero-order valence-corrected chi connectivity index (χ0v) is 16.8. The van der Waals surface area contributed by atoms with Crippen LogP contribution in [0.5, 0.6) is 0 Å². The Morgan fingerprint density at radius 3 is 2.31 bits per heavy atom. The number of hydrogen-bond acceptors (Lipinski definition) is 3. The third-order valence-corrected chi connectivity index (χ3v) is 5.93. The van der Waals surface area contributed by atoms with E-state index in [1.54, 1.807) is 42.0 Å². The van der Waals surface area contributed by atoms with Gasteiger partial charge in [0.2, 0.25) is 0 Å². The van der Waals surface area contributed by atoms with Crippen LogP contribution in [0.1, 0.15) is 25.6 Å². The average molecular weight is 422 g/mol. The molecule has 0 atom stereocenters. The molecule has 0 aliphatic carbocycles. The summed E-state index contributed by atoms with van der Waals surface area (Å²) >= 11 is 7.22. The number of carboxylic acids is 1. The third kappa shape index (κ3) is 3.88. The molecule has 29 heavy (non-hydrogen) atoms. The summed E-state index contributed by atoms with van der Waals surface area (Å²) in [7, 11) is 0. The minimum absolute atomic E-state index is 0.0254. The fourth-order valence-corrected chi connectivity index (χ4v) is 4.47. The van der Waals surface area contributed by atoms with Gasteiger partial charge >= 0.3 is 5.97 Å². The molecule has 0 bridgehead atoms. The quantitative estimate of drug-likeness (QED) is 0.365. The highest BCUT2D eigenvalue weighted by molar-refractivity contribution is 7.11. The molecule has 2 aromatic carbocycles. The second kappa shape index (κ2) is 8.07. The summed E-state index contributed by atoms with van der Waals surface area (Å²) in [5.41, 5.74) is 3.81. The van der Waals surface area contributed by atoms with Crippen molar-refractivity contribution in [2.24, 2.45) is 0 Å². The molecule has 2 heterocycles. The molecular formula is C23H16ClNO3S. The van der Waals surface area contributed by atoms with Crippen LogP contribution in [0.4, 0.5) is 0 Å². The van der Waals surface area contributed by atoms with Crippen molar-refractivity contribution in [1.29, 1.82) is 0 Å². The standard InChI is InChI=1S/C23H16ClNO3S/c24-16-8-6-15(7-9-16)19-13-29-21(22(19)23(27)28)10-20(26)18-12-25-11-17(18)14-4-2-1-3-5-14/h1-9,11-13,25H,10H2,(H,27,28). The van der Waals surface area contributed by atoms with Crippen LogP contribution in [0.2, 0.25) is 5.02 Å². The lowest BCUT2D eigenvalue weighted by atomic mass is 9.97. The highest BCUT2D eigenvalue weighted by Crippen LogP contribution is 2.34. The molecular weight excluding hydrogens is 406 g/mol. The number of Topliss-reactive ketones (excluding diaryl/α,β-unsaturated/α-hetero) is 1. The highest BCUT2D eigenvalue weighted by Gasteiger charge is 2.23. The number of ketones is 1. The van der Waals surface area contributed by atoms with E-state index in [-0.39, 0.29) is 17.8 Å². The fourth-order valence-electron chi connectivity index (χ4n) is 3.30. The highest BCUT2D eigenvalue weighted by atomic mass is 35.5. The van der Waals surface area contributed by atoms with Crippen LogP contribution in [0.3, 0.4) is 0 Å². The van der Waals surface area contributed by atoms with Crippen molar-refractivity contribution in [1.82, 2.24) is 4.98 Å². The van der Waals surface area contributed by atoms with Gasteiger partial charge in [-0.2, -0.15) is 0 Å². The summed E-state index contributed by atoms with van der Waals surface area (Å²) < 4.78 is 0. The number of carbonyl (C=O) groups is 2. The number of aromatic amines is 1. The molecule has 4 nitrogen and oxygen atoms in total. The van der Waals surface area contributed by atoms with Crippen LogP contribution in [0.25, 0.3) is 22.3 Å². The maximum absolute atomic E-state index is 13.0. The van der Waals surface area contributed by atoms with Crippen LogP contribution in [-0.2, 0) is 6.42 Å². The number of aromatic nitrogens is 1. The van der Waals surface area contributed by atoms with Crippen LogP contribution >= 0.6 is 22.9 Å². The third-order valence-electron chi connectivity index (χ3n) is 4.69. The summed E-state index contributed by atoms with van der Waals surface area (Å²) in [5.74, 6) is -1.17. The summed E-state index contributed by atoms with van der Waals surface area (Å²) in [4.78, 5) is 28.5. The minimum atomic E-state index is -1.05. The molecule has 4 aromatic rings. The number of benzene rings is 2. The Bertz CT molecular complexity index is 1180. The minimum Gasteiger partial charge on any atom is -0.478 e. The molecule has 0 radical (unpaired) electrons. The number of thiophene rings is 1. The molecule has 0 spiro atoms. The Balaban J connectivity index is 1.67. The van der Waals surface area contributed by atoms with E-state index in [2.05, 4.69) is 4.98 Å². The van der Waals surface area contributed by atoms with Gasteiger partial charge in [-0.05, 0) is 28.6 Å². The van der Waals surface area contributed by atoms with E-state index < -0.39 is 5.97 Å². The van der Waals surface area contributed by atoms with E-state index in [0.29, 0.717) is 21.0 Å². The molecule has 0 fully saturated rings. The molecule has 0 unspecified atom stereocenters. The van der Waals surface area contributed by atoms with Crippen molar-refractivity contribution in [3.63, 3.8) is 0 Å². The van der Waals surface area contributed by atoms with Crippen LogP contribution in [0.15, 0.2) is 72.4 Å². The first-order valence-corrected chi connectivity index (χ1v) is 10.2. The Kier molecular flexibility index (Phi) is 5.34. The van der Waals surface area contributed by atoms with Crippen molar-refractivity contribution in [2.45, 2.75) is 6.42 Å². The topological polar surface area (TPSA) is 70.2 Å². The SMILES string of the molecule is O=C(Cc1scc(-c2ccc(Cl)cc2)c1C(=O)O)c1c[nH]cc1-c1ccccc1. The Morgan fingerprint density at radius 2 is 1.62 bits per heavy atom. The van der Waals surface area contributed by atoms with Gasteiger partial charge in [0.05, 0.1) is 5.56 Å². The van der Waals surface area contributed by atoms with E-state index >= 15 is 0 Å². The Hall–Kier alpha value is -3.15. The van der Waals surface area contributed by atoms with Gasteiger partial charge in [0, 0.05) is 45.4 Å². The van der Waals surface area contributed by atoms with Gasteiger partial charge in [0.25, 0.3) is 0 Å². The zero-order chi connectivity index (χ0) is 20.4. The Morgan fingerprint density at radius 1 is 0.931 bits per heavy atom. The van der Waals surface area contributed by atoms with Gasteiger partial charge in [-0.25, -0.2) is 4.79 Å². The van der Waals surface area contributed by atoms with E-state index in [0.717, 1.165) is 16.7 Å². The van der Waals surface area contributed by atoms with E-state index in [1.165, 1.54) is 11.3 Å². The van der Waals surface area contributed by atoms with Crippen molar-refractivity contribution in [3.05, 3.63) is 93.4 Å². The summed E-state index contributed by atoms with van der Waals surface area (Å²) in [6, 6.07) is 16.6. The Labute approximate surface area is 176 Å². The van der Waals surface area contributed by atoms with E-state index in [1.807, 2.05) is 30.3 Å². The predicted octanol–water partition coefficient (Wildman–Crippen LogP) is 6.19. The maximum atomic E-state index is 13.0. The maximum Gasteiger partial charge on any atom is 0.337 e. The summed E-state index contributed by atoms with van der Waals surface area (Å²) in [6.07, 6.45) is 3.48. The van der Waals surface area contributed by atoms with Crippen molar-refractivity contribution >= 4 is 34.7 Å².